The van der Waals surface area contributed by atoms with Gasteiger partial charge in [-0.25, -0.2) is 0 Å². The summed E-state index contributed by atoms with van der Waals surface area (Å²) < 4.78 is 17.3. The number of hydrogen-bond acceptors (Lipinski definition) is 6. The Kier molecular flexibility index (Phi) is 4.21. The summed E-state index contributed by atoms with van der Waals surface area (Å²) in [6, 6.07) is 5.72. The molecule has 7 heteroatoms. The third kappa shape index (κ3) is 3.26. The summed E-state index contributed by atoms with van der Waals surface area (Å²) in [6.07, 6.45) is 6.77. The smallest absolute Gasteiger partial charge is 0.276 e. The Balaban J connectivity index is 1.15. The normalized spacial score (nSPS) is 23.6. The van der Waals surface area contributed by atoms with E-state index in [4.69, 9.17) is 14.0 Å². The lowest BCUT2D eigenvalue weighted by Gasteiger charge is -2.49. The Morgan fingerprint density at radius 3 is 2.85 bits per heavy atom. The van der Waals surface area contributed by atoms with Gasteiger partial charge in [0.25, 0.3) is 5.91 Å². The zero-order chi connectivity index (χ0) is 18.3. The summed E-state index contributed by atoms with van der Waals surface area (Å²) in [5.41, 5.74) is 1.26. The number of ether oxygens (including phenoxy) is 2. The molecule has 2 aliphatic heterocycles. The average Bonchev–Trinajstić information content (AvgIpc) is 3.24. The third-order valence-electron chi connectivity index (χ3n) is 5.87. The number of aromatic nitrogens is 2. The van der Waals surface area contributed by atoms with E-state index in [9.17, 15) is 4.79 Å². The van der Waals surface area contributed by atoms with Gasteiger partial charge in [-0.1, -0.05) is 5.16 Å². The maximum absolute atomic E-state index is 12.6. The molecule has 142 valence electrons. The first-order valence-electron chi connectivity index (χ1n) is 9.60. The van der Waals surface area contributed by atoms with Gasteiger partial charge in [0.05, 0.1) is 26.3 Å². The van der Waals surface area contributed by atoms with Crippen LogP contribution in [0.1, 0.15) is 47.0 Å². The van der Waals surface area contributed by atoms with Gasteiger partial charge in [0.2, 0.25) is 0 Å². The maximum atomic E-state index is 12.6. The van der Waals surface area contributed by atoms with Crippen LogP contribution in [0.5, 0.6) is 0 Å². The predicted molar refractivity (Wildman–Crippen MR) is 95.1 cm³/mol. The first kappa shape index (κ1) is 16.9. The van der Waals surface area contributed by atoms with Crippen LogP contribution in [0.4, 0.5) is 0 Å². The molecule has 1 atom stereocenters. The Morgan fingerprint density at radius 2 is 2.07 bits per heavy atom. The van der Waals surface area contributed by atoms with Crippen LogP contribution in [0.3, 0.4) is 0 Å². The molecule has 4 heterocycles. The minimum absolute atomic E-state index is 0.0665. The van der Waals surface area contributed by atoms with Crippen molar-refractivity contribution in [3.8, 4) is 0 Å². The number of likely N-dealkylation sites (tertiary alicyclic amines) is 1. The van der Waals surface area contributed by atoms with Crippen LogP contribution in [0.25, 0.3) is 0 Å². The van der Waals surface area contributed by atoms with Crippen molar-refractivity contribution < 1.29 is 18.8 Å². The highest BCUT2D eigenvalue weighted by molar-refractivity contribution is 5.93. The van der Waals surface area contributed by atoms with Crippen LogP contribution in [0, 0.1) is 5.92 Å². The van der Waals surface area contributed by atoms with E-state index in [0.717, 1.165) is 37.2 Å². The molecule has 0 bridgehead atoms. The minimum Gasteiger partial charge on any atom is -0.376 e. The second kappa shape index (κ2) is 6.73. The third-order valence-corrected chi connectivity index (χ3v) is 5.87. The number of hydrogen-bond donors (Lipinski definition) is 0. The fourth-order valence-corrected chi connectivity index (χ4v) is 4.02. The van der Waals surface area contributed by atoms with Gasteiger partial charge >= 0.3 is 0 Å². The molecule has 3 fully saturated rings. The van der Waals surface area contributed by atoms with Crippen molar-refractivity contribution in [2.45, 2.75) is 37.4 Å². The molecular weight excluding hydrogens is 346 g/mol. The van der Waals surface area contributed by atoms with Gasteiger partial charge < -0.3 is 18.9 Å². The van der Waals surface area contributed by atoms with Gasteiger partial charge in [-0.3, -0.25) is 9.78 Å². The predicted octanol–water partition coefficient (Wildman–Crippen LogP) is 2.39. The number of nitrogens with zero attached hydrogens (tertiary/aromatic N) is 3. The van der Waals surface area contributed by atoms with E-state index in [-0.39, 0.29) is 11.5 Å². The van der Waals surface area contributed by atoms with E-state index >= 15 is 0 Å². The van der Waals surface area contributed by atoms with Crippen molar-refractivity contribution >= 4 is 5.91 Å². The molecule has 7 nitrogen and oxygen atoms in total. The monoisotopic (exact) mass is 369 g/mol. The first-order valence-corrected chi connectivity index (χ1v) is 9.60. The fourth-order valence-electron chi connectivity index (χ4n) is 4.02. The lowest BCUT2D eigenvalue weighted by atomic mass is 9.81. The summed E-state index contributed by atoms with van der Waals surface area (Å²) in [5.74, 6) is 1.54. The Bertz CT molecular complexity index is 812. The van der Waals surface area contributed by atoms with Gasteiger partial charge in [0.1, 0.15) is 11.4 Å². The molecule has 1 spiro atoms. The summed E-state index contributed by atoms with van der Waals surface area (Å²) in [6.45, 7) is 3.13. The molecule has 2 saturated heterocycles. The quantitative estimate of drug-likeness (QED) is 0.778. The van der Waals surface area contributed by atoms with E-state index in [1.165, 1.54) is 0 Å². The molecule has 2 aromatic rings. The Morgan fingerprint density at radius 1 is 1.26 bits per heavy atom. The summed E-state index contributed by atoms with van der Waals surface area (Å²) in [5, 5.41) is 3.96. The van der Waals surface area contributed by atoms with E-state index in [0.29, 0.717) is 43.8 Å². The van der Waals surface area contributed by atoms with E-state index < -0.39 is 0 Å². The fraction of sp³-hybridized carbons (Fsp3) is 0.550. The van der Waals surface area contributed by atoms with Crippen LogP contribution >= 0.6 is 0 Å². The summed E-state index contributed by atoms with van der Waals surface area (Å²) in [7, 11) is 0. The highest BCUT2D eigenvalue weighted by Crippen LogP contribution is 2.42. The summed E-state index contributed by atoms with van der Waals surface area (Å²) >= 11 is 0. The standard InChI is InChI=1S/C20H23N3O4/c24-19(17-9-18(27-22-17)15-1-2-15)23-12-20(13-23)16(5-8-26-20)11-25-10-14-3-6-21-7-4-14/h3-4,6-7,9,15-16H,1-2,5,8,10-13H2/t16-/m1/s1. The van der Waals surface area contributed by atoms with Crippen LogP contribution in [-0.4, -0.2) is 52.9 Å². The number of pyridine rings is 1. The molecule has 0 N–H and O–H groups in total. The molecule has 0 unspecified atom stereocenters. The number of carbonyl (C=O) groups is 1. The molecule has 0 radical (unpaired) electrons. The van der Waals surface area contributed by atoms with E-state index in [2.05, 4.69) is 10.1 Å². The van der Waals surface area contributed by atoms with Crippen molar-refractivity contribution in [3.63, 3.8) is 0 Å². The van der Waals surface area contributed by atoms with Crippen LogP contribution in [-0.2, 0) is 16.1 Å². The van der Waals surface area contributed by atoms with Crippen molar-refractivity contribution in [2.24, 2.45) is 5.92 Å². The van der Waals surface area contributed by atoms with Crippen LogP contribution in [0.15, 0.2) is 35.1 Å². The van der Waals surface area contributed by atoms with Gasteiger partial charge in [-0.2, -0.15) is 0 Å². The van der Waals surface area contributed by atoms with E-state index in [1.54, 1.807) is 23.4 Å². The topological polar surface area (TPSA) is 77.7 Å². The molecular formula is C20H23N3O4. The number of amides is 1. The molecule has 1 saturated carbocycles. The zero-order valence-electron chi connectivity index (χ0n) is 15.2. The number of carbonyl (C=O) groups excluding carboxylic acids is 1. The molecule has 27 heavy (non-hydrogen) atoms. The zero-order valence-corrected chi connectivity index (χ0v) is 15.2. The maximum Gasteiger partial charge on any atom is 0.276 e. The second-order valence-corrected chi connectivity index (χ2v) is 7.82. The van der Waals surface area contributed by atoms with Crippen LogP contribution in [0.2, 0.25) is 0 Å². The van der Waals surface area contributed by atoms with Crippen molar-refractivity contribution in [3.05, 3.63) is 47.6 Å². The van der Waals surface area contributed by atoms with Crippen molar-refractivity contribution in [1.29, 1.82) is 0 Å². The SMILES string of the molecule is O=C(c1cc(C2CC2)on1)N1CC2(C1)OCC[C@@H]2COCc1ccncc1. The summed E-state index contributed by atoms with van der Waals surface area (Å²) in [4.78, 5) is 18.5. The van der Waals surface area contributed by atoms with Gasteiger partial charge in [0, 0.05) is 36.9 Å². The second-order valence-electron chi connectivity index (χ2n) is 7.82. The van der Waals surface area contributed by atoms with Gasteiger partial charge in [0.15, 0.2) is 5.69 Å². The molecule has 3 aliphatic rings. The lowest BCUT2D eigenvalue weighted by Crippen LogP contribution is -2.66. The first-order chi connectivity index (χ1) is 13.2. The Labute approximate surface area is 157 Å². The van der Waals surface area contributed by atoms with Crippen molar-refractivity contribution in [1.82, 2.24) is 15.0 Å². The van der Waals surface area contributed by atoms with Crippen LogP contribution < -0.4 is 0 Å². The lowest BCUT2D eigenvalue weighted by molar-refractivity contribution is -0.129. The minimum atomic E-state index is -0.267. The van der Waals surface area contributed by atoms with E-state index in [1.807, 2.05) is 12.1 Å². The number of rotatable bonds is 6. The highest BCUT2D eigenvalue weighted by Gasteiger charge is 2.54. The highest BCUT2D eigenvalue weighted by atomic mass is 16.5. The molecule has 2 aromatic heterocycles. The van der Waals surface area contributed by atoms with Gasteiger partial charge in [-0.15, -0.1) is 0 Å². The largest absolute Gasteiger partial charge is 0.376 e. The van der Waals surface area contributed by atoms with Crippen molar-refractivity contribution in [2.75, 3.05) is 26.3 Å². The molecule has 1 amide bonds. The average molecular weight is 369 g/mol. The molecule has 0 aromatic carbocycles. The molecule has 1 aliphatic carbocycles. The molecule has 5 rings (SSSR count). The van der Waals surface area contributed by atoms with Gasteiger partial charge in [-0.05, 0) is 37.0 Å². The Hall–Kier alpha value is -2.25.